The summed E-state index contributed by atoms with van der Waals surface area (Å²) >= 11 is 0. The van der Waals surface area contributed by atoms with E-state index < -0.39 is 8.07 Å². The molecule has 8 heteroatoms. The maximum atomic E-state index is 6.33. The average Bonchev–Trinajstić information content (AvgIpc) is 0.901. The fraction of sp³-hybridized carbons (Fsp3) is 0.0227. The maximum absolute atomic E-state index is 6.33. The van der Waals surface area contributed by atoms with E-state index in [1.54, 1.807) is 0 Å². The van der Waals surface area contributed by atoms with Crippen LogP contribution in [0.2, 0.25) is 13.1 Å². The Morgan fingerprint density at radius 2 is 0.802 bits per heavy atom. The predicted octanol–water partition coefficient (Wildman–Crippen LogP) is 23.0. The van der Waals surface area contributed by atoms with Crippen LogP contribution in [0.4, 0.5) is 51.2 Å². The number of furan rings is 1. The second kappa shape index (κ2) is 21.9. The van der Waals surface area contributed by atoms with Gasteiger partial charge in [-0.15, -0.1) is 0 Å². The number of pyridine rings is 2. The maximum Gasteiger partial charge on any atom is 0.135 e. The zero-order chi connectivity index (χ0) is 63.6. The second-order valence-corrected chi connectivity index (χ2v) is 29.9. The fourth-order valence-corrected chi connectivity index (χ4v) is 19.4. The molecule has 0 fully saturated rings. The Morgan fingerprint density at radius 3 is 1.43 bits per heavy atom. The third-order valence-corrected chi connectivity index (χ3v) is 23.4. The molecule has 1 aliphatic heterocycles. The van der Waals surface area contributed by atoms with Gasteiger partial charge >= 0.3 is 0 Å². The monoisotopic (exact) mass is 1240 g/mol. The third kappa shape index (κ3) is 8.66. The first-order valence-corrected chi connectivity index (χ1v) is 35.8. The minimum absolute atomic E-state index is 0.869. The Bertz CT molecular complexity index is 6050. The highest BCUT2D eigenvalue weighted by molar-refractivity contribution is 7.06. The molecule has 14 aromatic carbocycles. The van der Waals surface area contributed by atoms with Crippen molar-refractivity contribution in [3.05, 3.63) is 328 Å². The van der Waals surface area contributed by atoms with E-state index in [1.807, 2.05) is 24.5 Å². The molecule has 18 aromatic rings. The van der Waals surface area contributed by atoms with Gasteiger partial charge in [-0.1, -0.05) is 177 Å². The zero-order valence-electron chi connectivity index (χ0n) is 52.8. The molecule has 452 valence electrons. The van der Waals surface area contributed by atoms with Crippen LogP contribution in [0.5, 0.6) is 0 Å². The number of nitrogens with zero attached hydrogens (tertiary/aromatic N) is 6. The Labute approximate surface area is 555 Å². The van der Waals surface area contributed by atoms with Gasteiger partial charge in [0.15, 0.2) is 0 Å². The van der Waals surface area contributed by atoms with Gasteiger partial charge in [0.1, 0.15) is 19.2 Å². The molecule has 0 saturated heterocycles. The van der Waals surface area contributed by atoms with E-state index in [4.69, 9.17) is 14.4 Å². The molecule has 0 spiro atoms. The summed E-state index contributed by atoms with van der Waals surface area (Å²) in [5.41, 5.74) is 20.5. The quantitative estimate of drug-likeness (QED) is 0.100. The number of aromatic nitrogens is 3. The lowest BCUT2D eigenvalue weighted by atomic mass is 9.94. The van der Waals surface area contributed by atoms with Crippen LogP contribution in [0.3, 0.4) is 0 Å². The minimum atomic E-state index is -2.83. The van der Waals surface area contributed by atoms with Crippen LogP contribution in [0.15, 0.2) is 332 Å². The van der Waals surface area contributed by atoms with Crippen molar-refractivity contribution in [3.63, 3.8) is 0 Å². The molecular formula is C88H60N6OSi. The van der Waals surface area contributed by atoms with Gasteiger partial charge in [0.05, 0.1) is 27.9 Å². The first kappa shape index (κ1) is 55.3. The summed E-state index contributed by atoms with van der Waals surface area (Å²) in [4.78, 5) is 17.7. The van der Waals surface area contributed by atoms with Crippen LogP contribution in [0.1, 0.15) is 0 Å². The van der Waals surface area contributed by atoms with E-state index in [0.717, 1.165) is 117 Å². The van der Waals surface area contributed by atoms with Gasteiger partial charge in [-0.2, -0.15) is 0 Å². The number of anilines is 9. The highest BCUT2D eigenvalue weighted by atomic mass is 28.3. The van der Waals surface area contributed by atoms with E-state index >= 15 is 0 Å². The number of hydrogen-bond acceptors (Lipinski definition) is 6. The van der Waals surface area contributed by atoms with Gasteiger partial charge in [-0.05, 0) is 200 Å². The summed E-state index contributed by atoms with van der Waals surface area (Å²) in [5.74, 6) is 0. The summed E-state index contributed by atoms with van der Waals surface area (Å²) < 4.78 is 8.74. The lowest BCUT2D eigenvalue weighted by Crippen LogP contribution is -2.59. The van der Waals surface area contributed by atoms with E-state index in [0.29, 0.717) is 0 Å². The molecule has 96 heavy (non-hydrogen) atoms. The number of rotatable bonds is 10. The molecule has 0 aliphatic carbocycles. The van der Waals surface area contributed by atoms with Crippen molar-refractivity contribution >= 4 is 157 Å². The minimum Gasteiger partial charge on any atom is -0.456 e. The van der Waals surface area contributed by atoms with Crippen molar-refractivity contribution in [1.82, 2.24) is 14.5 Å². The van der Waals surface area contributed by atoms with Crippen LogP contribution >= 0.6 is 0 Å². The van der Waals surface area contributed by atoms with Crippen LogP contribution < -0.4 is 25.1 Å². The van der Waals surface area contributed by atoms with E-state index in [1.165, 1.54) is 59.4 Å². The molecule has 0 unspecified atom stereocenters. The van der Waals surface area contributed by atoms with Crippen LogP contribution in [-0.4, -0.2) is 22.6 Å². The van der Waals surface area contributed by atoms with Gasteiger partial charge in [-0.3, -0.25) is 9.97 Å². The lowest BCUT2D eigenvalue weighted by molar-refractivity contribution is 0.669. The van der Waals surface area contributed by atoms with Crippen LogP contribution in [0, 0.1) is 0 Å². The Morgan fingerprint density at radius 1 is 0.312 bits per heavy atom. The summed E-state index contributed by atoms with van der Waals surface area (Å²) in [6.45, 7) is 5.15. The van der Waals surface area contributed by atoms with Gasteiger partial charge in [0, 0.05) is 102 Å². The summed E-state index contributed by atoms with van der Waals surface area (Å²) in [7, 11) is -2.83. The molecule has 7 nitrogen and oxygen atoms in total. The largest absolute Gasteiger partial charge is 0.456 e. The van der Waals surface area contributed by atoms with Crippen molar-refractivity contribution in [1.29, 1.82) is 0 Å². The van der Waals surface area contributed by atoms with Crippen LogP contribution in [0.25, 0.3) is 115 Å². The first-order chi connectivity index (χ1) is 47.4. The van der Waals surface area contributed by atoms with Crippen molar-refractivity contribution in [3.8, 4) is 27.9 Å². The predicted molar refractivity (Wildman–Crippen MR) is 405 cm³/mol. The van der Waals surface area contributed by atoms with Gasteiger partial charge in [0.25, 0.3) is 0 Å². The summed E-state index contributed by atoms with van der Waals surface area (Å²) in [6, 6.07) is 113. The molecule has 0 amide bonds. The fourth-order valence-electron chi connectivity index (χ4n) is 15.8. The standard InChI is InChI=1S/C88H60N6OSi/c1-96(2)87-75-46-39-60(57-21-18-29-66(51-57)91(61-23-6-3-7-24-61)62-25-8-4-9-26-62)54-77(75)79-56-89-50-48-73(79)85(87)94(65-42-40-64(41-43-65)93-80-35-15-12-31-69(80)70-32-13-16-36-81(70)93)86-84-72(34-20-49-90-84)76-53-59(38-45-74(76)88(86)96)58-22-19-30-67(52-58)92(63-27-10-5-11-28-63)68-44-47-83-78(55-68)71-33-14-17-37-82(71)95-83/h3-56H,1-2H3. The van der Waals surface area contributed by atoms with Crippen LogP contribution in [-0.2, 0) is 0 Å². The Kier molecular flexibility index (Phi) is 12.6. The molecular weight excluding hydrogens is 1190 g/mol. The molecule has 0 saturated carbocycles. The molecule has 4 aromatic heterocycles. The summed E-state index contributed by atoms with van der Waals surface area (Å²) in [5, 5.41) is 15.6. The van der Waals surface area contributed by atoms with Crippen molar-refractivity contribution < 1.29 is 4.42 Å². The van der Waals surface area contributed by atoms with E-state index in [2.05, 4.69) is 336 Å². The normalized spacial score (nSPS) is 12.8. The SMILES string of the molecule is C[Si]1(C)c2c(c3ccncc3c3cc(-c4cccc(N(c5ccccc5)c5ccccc5)c4)ccc23)N(c2ccc(-n3c4ccccc4c4ccccc43)cc2)c2c1c1ccc(-c3cccc(N(c4ccccc4)c4ccc5oc6ccccc6c5c4)c3)cc1c1cccnc21. The molecule has 0 N–H and O–H groups in total. The molecule has 0 radical (unpaired) electrons. The van der Waals surface area contributed by atoms with E-state index in [-0.39, 0.29) is 0 Å². The number of hydrogen-bond donors (Lipinski definition) is 0. The molecule has 1 aliphatic rings. The zero-order valence-corrected chi connectivity index (χ0v) is 53.8. The Hall–Kier alpha value is -12.4. The van der Waals surface area contributed by atoms with Crippen molar-refractivity contribution in [2.24, 2.45) is 0 Å². The first-order valence-electron chi connectivity index (χ1n) is 32.8. The van der Waals surface area contributed by atoms with Gasteiger partial charge < -0.3 is 23.7 Å². The molecule has 19 rings (SSSR count). The topological polar surface area (TPSA) is 53.6 Å². The molecule has 5 heterocycles. The van der Waals surface area contributed by atoms with Gasteiger partial charge in [-0.25, -0.2) is 0 Å². The smallest absolute Gasteiger partial charge is 0.135 e. The van der Waals surface area contributed by atoms with Crippen molar-refractivity contribution in [2.45, 2.75) is 13.1 Å². The van der Waals surface area contributed by atoms with Gasteiger partial charge in [0.2, 0.25) is 0 Å². The number of benzene rings is 14. The van der Waals surface area contributed by atoms with E-state index in [9.17, 15) is 0 Å². The number of para-hydroxylation sites is 6. The summed E-state index contributed by atoms with van der Waals surface area (Å²) in [6.07, 6.45) is 6.04. The third-order valence-electron chi connectivity index (χ3n) is 19.9. The highest BCUT2D eigenvalue weighted by Gasteiger charge is 2.44. The average molecular weight is 1250 g/mol. The highest BCUT2D eigenvalue weighted by Crippen LogP contribution is 2.51. The number of fused-ring (bicyclic) bond motifs is 18. The lowest BCUT2D eigenvalue weighted by Gasteiger charge is -2.43. The molecule has 0 atom stereocenters. The van der Waals surface area contributed by atoms with Crippen molar-refractivity contribution in [2.75, 3.05) is 14.7 Å². The molecule has 0 bridgehead atoms. The second-order valence-electron chi connectivity index (χ2n) is 25.7. The Balaban J connectivity index is 0.817.